The van der Waals surface area contributed by atoms with E-state index in [1.54, 1.807) is 13.2 Å². The highest BCUT2D eigenvalue weighted by Gasteiger charge is 2.09. The van der Waals surface area contributed by atoms with Gasteiger partial charge in [0.25, 0.3) is 0 Å². The largest absolute Gasteiger partial charge is 0.496 e. The Bertz CT molecular complexity index is 618. The monoisotopic (exact) mass is 305 g/mol. The number of halogens is 1. The van der Waals surface area contributed by atoms with Crippen molar-refractivity contribution in [2.24, 2.45) is 5.73 Å². The van der Waals surface area contributed by atoms with E-state index in [1.165, 1.54) is 0 Å². The van der Waals surface area contributed by atoms with Gasteiger partial charge < -0.3 is 15.2 Å². The number of hydrogen-bond donors (Lipinski definition) is 1. The highest BCUT2D eigenvalue weighted by Crippen LogP contribution is 2.28. The van der Waals surface area contributed by atoms with Crippen LogP contribution in [0, 0.1) is 13.8 Å². The predicted molar refractivity (Wildman–Crippen MR) is 86.1 cm³/mol. The van der Waals surface area contributed by atoms with Crippen molar-refractivity contribution in [1.29, 1.82) is 0 Å². The second-order valence-electron chi connectivity index (χ2n) is 5.01. The van der Waals surface area contributed by atoms with Crippen LogP contribution >= 0.6 is 11.6 Å². The predicted octanol–water partition coefficient (Wildman–Crippen LogP) is 4.00. The van der Waals surface area contributed by atoms with Crippen molar-refractivity contribution in [3.8, 4) is 11.5 Å². The summed E-state index contributed by atoms with van der Waals surface area (Å²) in [7, 11) is 1.64. The Kier molecular flexibility index (Phi) is 5.10. The lowest BCUT2D eigenvalue weighted by Crippen LogP contribution is -2.03. The third-order valence-corrected chi connectivity index (χ3v) is 3.61. The molecule has 0 radical (unpaired) electrons. The molecule has 0 saturated carbocycles. The molecule has 0 aliphatic rings. The fourth-order valence-corrected chi connectivity index (χ4v) is 2.59. The molecule has 2 aromatic carbocycles. The Morgan fingerprint density at radius 1 is 1.10 bits per heavy atom. The molecule has 0 atom stereocenters. The summed E-state index contributed by atoms with van der Waals surface area (Å²) >= 11 is 6.03. The van der Waals surface area contributed by atoms with Gasteiger partial charge in [-0.15, -0.1) is 0 Å². The molecule has 2 rings (SSSR count). The maximum atomic E-state index is 6.03. The van der Waals surface area contributed by atoms with Crippen molar-refractivity contribution in [2.45, 2.75) is 27.0 Å². The van der Waals surface area contributed by atoms with Crippen molar-refractivity contribution in [3.63, 3.8) is 0 Å². The van der Waals surface area contributed by atoms with E-state index >= 15 is 0 Å². The highest BCUT2D eigenvalue weighted by molar-refractivity contribution is 6.30. The smallest absolute Gasteiger partial charge is 0.125 e. The topological polar surface area (TPSA) is 44.5 Å². The number of benzene rings is 2. The van der Waals surface area contributed by atoms with E-state index in [1.807, 2.05) is 26.0 Å². The van der Waals surface area contributed by atoms with Gasteiger partial charge in [0.05, 0.1) is 7.11 Å². The first-order valence-corrected chi connectivity index (χ1v) is 7.18. The summed E-state index contributed by atoms with van der Waals surface area (Å²) in [4.78, 5) is 0. The van der Waals surface area contributed by atoms with Gasteiger partial charge in [-0.05, 0) is 48.7 Å². The zero-order valence-electron chi connectivity index (χ0n) is 12.6. The molecule has 0 aromatic heterocycles. The van der Waals surface area contributed by atoms with E-state index in [4.69, 9.17) is 26.8 Å². The van der Waals surface area contributed by atoms with E-state index < -0.39 is 0 Å². The summed E-state index contributed by atoms with van der Waals surface area (Å²) in [6, 6.07) is 9.61. The Labute approximate surface area is 130 Å². The van der Waals surface area contributed by atoms with Gasteiger partial charge in [0.2, 0.25) is 0 Å². The molecule has 0 unspecified atom stereocenters. The molecule has 0 fully saturated rings. The molecule has 0 aliphatic carbocycles. The number of rotatable bonds is 5. The Morgan fingerprint density at radius 2 is 1.76 bits per heavy atom. The summed E-state index contributed by atoms with van der Waals surface area (Å²) in [5, 5.41) is 0.668. The van der Waals surface area contributed by atoms with Crippen LogP contribution in [0.25, 0.3) is 0 Å². The molecule has 2 aromatic rings. The first kappa shape index (κ1) is 15.7. The van der Waals surface area contributed by atoms with E-state index in [0.29, 0.717) is 18.2 Å². The second-order valence-corrected chi connectivity index (χ2v) is 5.44. The lowest BCUT2D eigenvalue weighted by Gasteiger charge is -2.15. The summed E-state index contributed by atoms with van der Waals surface area (Å²) in [6.07, 6.45) is 0. The lowest BCUT2D eigenvalue weighted by molar-refractivity contribution is 0.293. The van der Waals surface area contributed by atoms with Crippen LogP contribution in [0.3, 0.4) is 0 Å². The van der Waals surface area contributed by atoms with Crippen molar-refractivity contribution >= 4 is 11.6 Å². The van der Waals surface area contributed by atoms with Crippen LogP contribution in [0.15, 0.2) is 30.3 Å². The molecule has 112 valence electrons. The molecule has 0 bridgehead atoms. The molecular formula is C17H20ClNO2. The van der Waals surface area contributed by atoms with E-state index in [-0.39, 0.29) is 0 Å². The average Bonchev–Trinajstić information content (AvgIpc) is 2.46. The first-order valence-electron chi connectivity index (χ1n) is 6.80. The van der Waals surface area contributed by atoms with Crippen molar-refractivity contribution in [2.75, 3.05) is 7.11 Å². The molecule has 0 saturated heterocycles. The first-order chi connectivity index (χ1) is 10.0. The van der Waals surface area contributed by atoms with E-state index in [2.05, 4.69) is 12.1 Å². The van der Waals surface area contributed by atoms with Crippen molar-refractivity contribution in [3.05, 3.63) is 57.6 Å². The summed E-state index contributed by atoms with van der Waals surface area (Å²) < 4.78 is 11.3. The molecular weight excluding hydrogens is 286 g/mol. The summed E-state index contributed by atoms with van der Waals surface area (Å²) in [5.74, 6) is 1.66. The third kappa shape index (κ3) is 3.69. The maximum absolute atomic E-state index is 6.03. The van der Waals surface area contributed by atoms with Crippen molar-refractivity contribution < 1.29 is 9.47 Å². The van der Waals surface area contributed by atoms with Gasteiger partial charge in [0.1, 0.15) is 18.1 Å². The Balaban J connectivity index is 2.22. The van der Waals surface area contributed by atoms with Crippen LogP contribution in [0.1, 0.15) is 22.3 Å². The van der Waals surface area contributed by atoms with E-state index in [0.717, 1.165) is 33.8 Å². The van der Waals surface area contributed by atoms with Crippen LogP contribution in [0.5, 0.6) is 11.5 Å². The Hall–Kier alpha value is -1.71. The average molecular weight is 306 g/mol. The van der Waals surface area contributed by atoms with Gasteiger partial charge in [-0.1, -0.05) is 23.7 Å². The van der Waals surface area contributed by atoms with Gasteiger partial charge in [0.15, 0.2) is 0 Å². The molecule has 4 heteroatoms. The molecule has 0 spiro atoms. The number of aryl methyl sites for hydroxylation is 2. The van der Waals surface area contributed by atoms with Gasteiger partial charge in [0, 0.05) is 17.1 Å². The molecule has 0 amide bonds. The molecule has 3 nitrogen and oxygen atoms in total. The zero-order valence-corrected chi connectivity index (χ0v) is 13.3. The lowest BCUT2D eigenvalue weighted by atomic mass is 10.1. The second kappa shape index (κ2) is 6.83. The quantitative estimate of drug-likeness (QED) is 0.908. The van der Waals surface area contributed by atoms with Crippen LogP contribution in [-0.2, 0) is 13.2 Å². The number of hydrogen-bond acceptors (Lipinski definition) is 3. The van der Waals surface area contributed by atoms with Crippen LogP contribution in [-0.4, -0.2) is 7.11 Å². The Morgan fingerprint density at radius 3 is 2.33 bits per heavy atom. The van der Waals surface area contributed by atoms with Crippen molar-refractivity contribution in [1.82, 2.24) is 0 Å². The number of methoxy groups -OCH3 is 1. The van der Waals surface area contributed by atoms with Gasteiger partial charge in [-0.2, -0.15) is 0 Å². The summed E-state index contributed by atoms with van der Waals surface area (Å²) in [6.45, 7) is 4.99. The van der Waals surface area contributed by atoms with Gasteiger partial charge in [-0.25, -0.2) is 0 Å². The zero-order chi connectivity index (χ0) is 15.4. The molecule has 2 N–H and O–H groups in total. The highest BCUT2D eigenvalue weighted by atomic mass is 35.5. The summed E-state index contributed by atoms with van der Waals surface area (Å²) in [5.41, 5.74) is 9.88. The fourth-order valence-electron chi connectivity index (χ4n) is 2.40. The minimum absolute atomic E-state index is 0.410. The van der Waals surface area contributed by atoms with E-state index in [9.17, 15) is 0 Å². The maximum Gasteiger partial charge on any atom is 0.125 e. The number of ether oxygens (including phenoxy) is 2. The molecule has 0 aliphatic heterocycles. The normalized spacial score (nSPS) is 10.5. The van der Waals surface area contributed by atoms with Crippen LogP contribution < -0.4 is 15.2 Å². The molecule has 21 heavy (non-hydrogen) atoms. The third-order valence-electron chi connectivity index (χ3n) is 3.37. The minimum Gasteiger partial charge on any atom is -0.496 e. The standard InChI is InChI=1S/C17H20ClNO2/c1-11-6-13(9-19)7-12(2)17(11)21-10-14-8-15(18)4-5-16(14)20-3/h4-8H,9-10,19H2,1-3H3. The SMILES string of the molecule is COc1ccc(Cl)cc1COc1c(C)cc(CN)cc1C. The van der Waals surface area contributed by atoms with Gasteiger partial charge in [-0.3, -0.25) is 0 Å². The van der Waals surface area contributed by atoms with Crippen LogP contribution in [0.4, 0.5) is 0 Å². The minimum atomic E-state index is 0.410. The van der Waals surface area contributed by atoms with Gasteiger partial charge >= 0.3 is 0 Å². The van der Waals surface area contributed by atoms with Crippen LogP contribution in [0.2, 0.25) is 5.02 Å². The fraction of sp³-hybridized carbons (Fsp3) is 0.294. The molecule has 0 heterocycles. The number of nitrogens with two attached hydrogens (primary N) is 1.